The van der Waals surface area contributed by atoms with Gasteiger partial charge in [0.25, 0.3) is 0 Å². The van der Waals surface area contributed by atoms with Crippen molar-refractivity contribution in [3.63, 3.8) is 0 Å². The number of amides is 2. The highest BCUT2D eigenvalue weighted by Crippen LogP contribution is 2.26. The molecule has 2 fully saturated rings. The molecule has 0 bridgehead atoms. The second-order valence-corrected chi connectivity index (χ2v) is 4.49. The third kappa shape index (κ3) is 1.89. The molecule has 5 heteroatoms. The average molecular weight is 212 g/mol. The highest BCUT2D eigenvalue weighted by Gasteiger charge is 2.42. The molecule has 2 N–H and O–H groups in total. The average Bonchev–Trinajstić information content (AvgIpc) is 2.60. The minimum Gasteiger partial charge on any atom is -0.377 e. The summed E-state index contributed by atoms with van der Waals surface area (Å²) in [7, 11) is 0. The van der Waals surface area contributed by atoms with Gasteiger partial charge in [0, 0.05) is 12.1 Å². The van der Waals surface area contributed by atoms with Gasteiger partial charge in [-0.3, -0.25) is 20.2 Å². The Morgan fingerprint density at radius 2 is 2.27 bits per heavy atom. The van der Waals surface area contributed by atoms with Crippen LogP contribution in [0, 0.1) is 0 Å². The SMILES string of the molecule is CC1OCCC1(C)NC1CC(=O)NC1=O. The molecule has 0 spiro atoms. The highest BCUT2D eigenvalue weighted by atomic mass is 16.5. The van der Waals surface area contributed by atoms with E-state index in [1.807, 2.05) is 13.8 Å². The van der Waals surface area contributed by atoms with Gasteiger partial charge in [-0.2, -0.15) is 0 Å². The fraction of sp³-hybridized carbons (Fsp3) is 0.800. The van der Waals surface area contributed by atoms with Crippen molar-refractivity contribution < 1.29 is 14.3 Å². The zero-order valence-corrected chi connectivity index (χ0v) is 9.00. The second kappa shape index (κ2) is 3.57. The summed E-state index contributed by atoms with van der Waals surface area (Å²) in [5.41, 5.74) is -0.202. The highest BCUT2D eigenvalue weighted by molar-refractivity contribution is 6.05. The number of imide groups is 1. The van der Waals surface area contributed by atoms with Crippen LogP contribution < -0.4 is 10.6 Å². The first kappa shape index (κ1) is 10.6. The van der Waals surface area contributed by atoms with Gasteiger partial charge < -0.3 is 4.74 Å². The Morgan fingerprint density at radius 3 is 2.73 bits per heavy atom. The van der Waals surface area contributed by atoms with Gasteiger partial charge in [-0.15, -0.1) is 0 Å². The molecule has 0 aromatic carbocycles. The molecule has 2 aliphatic heterocycles. The van der Waals surface area contributed by atoms with Crippen LogP contribution in [0.2, 0.25) is 0 Å². The minimum atomic E-state index is -0.397. The third-order valence-electron chi connectivity index (χ3n) is 3.36. The van der Waals surface area contributed by atoms with Gasteiger partial charge in [-0.05, 0) is 20.3 Å². The van der Waals surface area contributed by atoms with Crippen LogP contribution in [0.15, 0.2) is 0 Å². The van der Waals surface area contributed by atoms with Gasteiger partial charge in [0.1, 0.15) is 0 Å². The second-order valence-electron chi connectivity index (χ2n) is 4.49. The van der Waals surface area contributed by atoms with E-state index in [-0.39, 0.29) is 29.9 Å². The van der Waals surface area contributed by atoms with E-state index in [4.69, 9.17) is 4.74 Å². The fourth-order valence-corrected chi connectivity index (χ4v) is 2.09. The van der Waals surface area contributed by atoms with E-state index in [1.165, 1.54) is 0 Å². The van der Waals surface area contributed by atoms with Crippen LogP contribution in [-0.2, 0) is 14.3 Å². The van der Waals surface area contributed by atoms with E-state index >= 15 is 0 Å². The Morgan fingerprint density at radius 1 is 1.53 bits per heavy atom. The smallest absolute Gasteiger partial charge is 0.244 e. The summed E-state index contributed by atoms with van der Waals surface area (Å²) < 4.78 is 5.46. The maximum Gasteiger partial charge on any atom is 0.244 e. The number of carbonyl (C=O) groups excluding carboxylic acids is 2. The number of hydrogen-bond donors (Lipinski definition) is 2. The molecule has 5 nitrogen and oxygen atoms in total. The fourth-order valence-electron chi connectivity index (χ4n) is 2.09. The van der Waals surface area contributed by atoms with Crippen molar-refractivity contribution in [1.82, 2.24) is 10.6 Å². The van der Waals surface area contributed by atoms with Crippen LogP contribution in [-0.4, -0.2) is 36.1 Å². The standard InChI is InChI=1S/C10H16N2O3/c1-6-10(2,3-4-15-6)12-7-5-8(13)11-9(7)14/h6-7,12H,3-5H2,1-2H3,(H,11,13,14). The van der Waals surface area contributed by atoms with Crippen molar-refractivity contribution in [3.05, 3.63) is 0 Å². The summed E-state index contributed by atoms with van der Waals surface area (Å²) >= 11 is 0. The monoisotopic (exact) mass is 212 g/mol. The largest absolute Gasteiger partial charge is 0.377 e. The van der Waals surface area contributed by atoms with E-state index in [0.29, 0.717) is 6.61 Å². The Balaban J connectivity index is 2.02. The summed E-state index contributed by atoms with van der Waals surface area (Å²) in [6.45, 7) is 4.71. The topological polar surface area (TPSA) is 67.4 Å². The summed E-state index contributed by atoms with van der Waals surface area (Å²) in [6, 6.07) is -0.397. The quantitative estimate of drug-likeness (QED) is 0.609. The van der Waals surface area contributed by atoms with Crippen LogP contribution in [0.4, 0.5) is 0 Å². The van der Waals surface area contributed by atoms with Gasteiger partial charge in [0.2, 0.25) is 11.8 Å². The molecule has 84 valence electrons. The Labute approximate surface area is 88.5 Å². The van der Waals surface area contributed by atoms with Gasteiger partial charge >= 0.3 is 0 Å². The van der Waals surface area contributed by atoms with Crippen LogP contribution in [0.3, 0.4) is 0 Å². The van der Waals surface area contributed by atoms with Crippen LogP contribution in [0.5, 0.6) is 0 Å². The molecule has 2 aliphatic rings. The van der Waals surface area contributed by atoms with Crippen molar-refractivity contribution in [2.75, 3.05) is 6.61 Å². The molecular weight excluding hydrogens is 196 g/mol. The molecule has 0 aromatic rings. The molecule has 2 heterocycles. The van der Waals surface area contributed by atoms with E-state index in [1.54, 1.807) is 0 Å². The molecule has 0 radical (unpaired) electrons. The molecule has 2 rings (SSSR count). The van der Waals surface area contributed by atoms with Crippen molar-refractivity contribution in [1.29, 1.82) is 0 Å². The number of hydrogen-bond acceptors (Lipinski definition) is 4. The molecule has 2 saturated heterocycles. The van der Waals surface area contributed by atoms with E-state index in [2.05, 4.69) is 10.6 Å². The summed E-state index contributed by atoms with van der Waals surface area (Å²) in [4.78, 5) is 22.4. The van der Waals surface area contributed by atoms with Crippen molar-refractivity contribution in [2.24, 2.45) is 0 Å². The molecule has 0 saturated carbocycles. The molecular formula is C10H16N2O3. The molecule has 0 aromatic heterocycles. The molecule has 2 amide bonds. The number of carbonyl (C=O) groups is 2. The predicted octanol–water partition coefficient (Wildman–Crippen LogP) is -0.441. The van der Waals surface area contributed by atoms with Crippen molar-refractivity contribution in [3.8, 4) is 0 Å². The normalized spacial score (nSPS) is 40.9. The summed E-state index contributed by atoms with van der Waals surface area (Å²) in [5, 5.41) is 5.52. The number of nitrogens with one attached hydrogen (secondary N) is 2. The van der Waals surface area contributed by atoms with E-state index in [9.17, 15) is 9.59 Å². The minimum absolute atomic E-state index is 0.0704. The van der Waals surface area contributed by atoms with Gasteiger partial charge in [0.15, 0.2) is 0 Å². The maximum atomic E-state index is 11.4. The Kier molecular flexibility index (Phi) is 2.52. The summed E-state index contributed by atoms with van der Waals surface area (Å²) in [6.07, 6.45) is 1.17. The van der Waals surface area contributed by atoms with Gasteiger partial charge in [-0.1, -0.05) is 0 Å². The summed E-state index contributed by atoms with van der Waals surface area (Å²) in [5.74, 6) is -0.423. The molecule has 15 heavy (non-hydrogen) atoms. The first-order valence-corrected chi connectivity index (χ1v) is 5.24. The molecule has 0 aliphatic carbocycles. The first-order valence-electron chi connectivity index (χ1n) is 5.24. The van der Waals surface area contributed by atoms with Crippen LogP contribution in [0.25, 0.3) is 0 Å². The van der Waals surface area contributed by atoms with E-state index in [0.717, 1.165) is 6.42 Å². The number of ether oxygens (including phenoxy) is 1. The molecule has 3 atom stereocenters. The first-order chi connectivity index (χ1) is 7.01. The maximum absolute atomic E-state index is 11.4. The van der Waals surface area contributed by atoms with Gasteiger partial charge in [0.05, 0.1) is 18.6 Å². The zero-order chi connectivity index (χ0) is 11.1. The van der Waals surface area contributed by atoms with Crippen LogP contribution in [0.1, 0.15) is 26.7 Å². The lowest BCUT2D eigenvalue weighted by atomic mass is 9.93. The van der Waals surface area contributed by atoms with Gasteiger partial charge in [-0.25, -0.2) is 0 Å². The Hall–Kier alpha value is -0.940. The predicted molar refractivity (Wildman–Crippen MR) is 53.1 cm³/mol. The van der Waals surface area contributed by atoms with Crippen LogP contribution >= 0.6 is 0 Å². The third-order valence-corrected chi connectivity index (χ3v) is 3.36. The lowest BCUT2D eigenvalue weighted by Gasteiger charge is -2.31. The van der Waals surface area contributed by atoms with E-state index < -0.39 is 6.04 Å². The lowest BCUT2D eigenvalue weighted by Crippen LogP contribution is -2.54. The zero-order valence-electron chi connectivity index (χ0n) is 9.00. The lowest BCUT2D eigenvalue weighted by molar-refractivity contribution is -0.125. The Bertz CT molecular complexity index is 305. The van der Waals surface area contributed by atoms with Crippen molar-refractivity contribution >= 4 is 11.8 Å². The van der Waals surface area contributed by atoms with Crippen molar-refractivity contribution in [2.45, 2.75) is 44.4 Å². The number of rotatable bonds is 2. The molecule has 3 unspecified atom stereocenters.